The van der Waals surface area contributed by atoms with Crippen molar-refractivity contribution >= 4 is 17.3 Å². The Morgan fingerprint density at radius 2 is 1.94 bits per heavy atom. The zero-order valence-electron chi connectivity index (χ0n) is 10.8. The molecule has 0 aliphatic carbocycles. The molecule has 0 aliphatic rings. The normalized spacial score (nSPS) is 12.0. The van der Waals surface area contributed by atoms with Gasteiger partial charge >= 0.3 is 0 Å². The monoisotopic (exact) mass is 230 g/mol. The number of carbonyl (C=O) groups is 1. The summed E-state index contributed by atoms with van der Waals surface area (Å²) in [6.07, 6.45) is 1.75. The highest BCUT2D eigenvalue weighted by Gasteiger charge is 2.20. The summed E-state index contributed by atoms with van der Waals surface area (Å²) in [5.41, 5.74) is 3.30. The molecule has 1 heterocycles. The van der Waals surface area contributed by atoms with Gasteiger partial charge < -0.3 is 4.42 Å². The third kappa shape index (κ3) is 2.12. The zero-order valence-corrected chi connectivity index (χ0v) is 10.8. The van der Waals surface area contributed by atoms with Crippen LogP contribution in [0.15, 0.2) is 22.6 Å². The van der Waals surface area contributed by atoms with Gasteiger partial charge in [0.1, 0.15) is 5.58 Å². The summed E-state index contributed by atoms with van der Waals surface area (Å²) in [4.78, 5) is 10.8. The molecule has 0 fully saturated rings. The van der Waals surface area contributed by atoms with Crippen LogP contribution in [0.3, 0.4) is 0 Å². The predicted octanol–water partition coefficient (Wildman–Crippen LogP) is 4.11. The molecule has 0 N–H and O–H groups in total. The van der Waals surface area contributed by atoms with Gasteiger partial charge in [0.05, 0.1) is 0 Å². The number of aldehydes is 1. The number of hydrogen-bond acceptors (Lipinski definition) is 2. The molecule has 2 nitrogen and oxygen atoms in total. The lowest BCUT2D eigenvalue weighted by atomic mass is 9.85. The quantitative estimate of drug-likeness (QED) is 0.727. The molecular formula is C15H18O2. The molecule has 17 heavy (non-hydrogen) atoms. The van der Waals surface area contributed by atoms with E-state index in [4.69, 9.17) is 4.42 Å². The Balaban J connectivity index is 2.78. The molecule has 90 valence electrons. The standard InChI is InChI=1S/C15H18O2/c1-5-10-6-11-8-12(9-16)17-14(11)13(7-10)15(2,3)4/h6-9H,5H2,1-4H3. The molecule has 0 aliphatic heterocycles. The number of aryl methyl sites for hydroxylation is 1. The largest absolute Gasteiger partial charge is 0.453 e. The Labute approximate surface area is 102 Å². The molecule has 2 heteroatoms. The Hall–Kier alpha value is -1.57. The molecule has 1 aromatic carbocycles. The first kappa shape index (κ1) is 11.9. The second kappa shape index (κ2) is 4.02. The zero-order chi connectivity index (χ0) is 12.6. The van der Waals surface area contributed by atoms with Crippen LogP contribution >= 0.6 is 0 Å². The molecule has 1 aromatic heterocycles. The second-order valence-corrected chi connectivity index (χ2v) is 5.43. The lowest BCUT2D eigenvalue weighted by Crippen LogP contribution is -2.11. The Morgan fingerprint density at radius 3 is 2.47 bits per heavy atom. The van der Waals surface area contributed by atoms with Gasteiger partial charge in [-0.1, -0.05) is 33.8 Å². The topological polar surface area (TPSA) is 30.2 Å². The van der Waals surface area contributed by atoms with E-state index in [9.17, 15) is 4.79 Å². The summed E-state index contributed by atoms with van der Waals surface area (Å²) in [7, 11) is 0. The highest BCUT2D eigenvalue weighted by atomic mass is 16.3. The smallest absolute Gasteiger partial charge is 0.185 e. The van der Waals surface area contributed by atoms with Crippen molar-refractivity contribution in [2.75, 3.05) is 0 Å². The summed E-state index contributed by atoms with van der Waals surface area (Å²) >= 11 is 0. The van der Waals surface area contributed by atoms with Gasteiger partial charge in [0, 0.05) is 10.9 Å². The van der Waals surface area contributed by atoms with Crippen LogP contribution in [0.4, 0.5) is 0 Å². The van der Waals surface area contributed by atoms with E-state index < -0.39 is 0 Å². The van der Waals surface area contributed by atoms with Gasteiger partial charge in [-0.2, -0.15) is 0 Å². The van der Waals surface area contributed by atoms with Crippen molar-refractivity contribution in [1.82, 2.24) is 0 Å². The van der Waals surface area contributed by atoms with Crippen LogP contribution in [0.25, 0.3) is 11.0 Å². The third-order valence-corrected chi connectivity index (χ3v) is 3.03. The summed E-state index contributed by atoms with van der Waals surface area (Å²) in [5.74, 6) is 0.402. The van der Waals surface area contributed by atoms with Gasteiger partial charge in [-0.3, -0.25) is 4.79 Å². The molecule has 2 aromatic rings. The number of fused-ring (bicyclic) bond motifs is 1. The first-order valence-corrected chi connectivity index (χ1v) is 5.98. The van der Waals surface area contributed by atoms with Gasteiger partial charge in [-0.25, -0.2) is 0 Å². The highest BCUT2D eigenvalue weighted by molar-refractivity contribution is 5.88. The number of carbonyl (C=O) groups excluding carboxylic acids is 1. The number of rotatable bonds is 2. The fourth-order valence-electron chi connectivity index (χ4n) is 2.05. The number of hydrogen-bond donors (Lipinski definition) is 0. The third-order valence-electron chi connectivity index (χ3n) is 3.03. The minimum Gasteiger partial charge on any atom is -0.453 e. The van der Waals surface area contributed by atoms with E-state index in [1.54, 1.807) is 0 Å². The van der Waals surface area contributed by atoms with E-state index in [0.717, 1.165) is 23.7 Å². The maximum Gasteiger partial charge on any atom is 0.185 e. The van der Waals surface area contributed by atoms with Gasteiger partial charge in [0.25, 0.3) is 0 Å². The maximum atomic E-state index is 10.8. The summed E-state index contributed by atoms with van der Waals surface area (Å²) in [6.45, 7) is 8.60. The molecule has 0 radical (unpaired) electrons. The fourth-order valence-corrected chi connectivity index (χ4v) is 2.05. The minimum absolute atomic E-state index is 0.0153. The lowest BCUT2D eigenvalue weighted by molar-refractivity contribution is 0.110. The average molecular weight is 230 g/mol. The summed E-state index contributed by atoms with van der Waals surface area (Å²) in [6, 6.07) is 6.10. The number of furan rings is 1. The summed E-state index contributed by atoms with van der Waals surface area (Å²) in [5, 5.41) is 1.02. The van der Waals surface area contributed by atoms with Crippen molar-refractivity contribution in [3.63, 3.8) is 0 Å². The van der Waals surface area contributed by atoms with Gasteiger partial charge in [0.15, 0.2) is 12.0 Å². The van der Waals surface area contributed by atoms with E-state index in [1.807, 2.05) is 6.07 Å². The van der Waals surface area contributed by atoms with Crippen LogP contribution in [0.2, 0.25) is 0 Å². The van der Waals surface area contributed by atoms with Crippen molar-refractivity contribution in [3.8, 4) is 0 Å². The molecule has 0 atom stereocenters. The molecule has 0 saturated carbocycles. The van der Waals surface area contributed by atoms with E-state index >= 15 is 0 Å². The van der Waals surface area contributed by atoms with E-state index in [0.29, 0.717) is 5.76 Å². The van der Waals surface area contributed by atoms with Crippen LogP contribution in [-0.4, -0.2) is 6.29 Å². The van der Waals surface area contributed by atoms with Crippen molar-refractivity contribution in [3.05, 3.63) is 35.1 Å². The Morgan fingerprint density at radius 1 is 1.24 bits per heavy atom. The molecule has 0 bridgehead atoms. The molecule has 0 spiro atoms. The van der Waals surface area contributed by atoms with Crippen molar-refractivity contribution in [1.29, 1.82) is 0 Å². The van der Waals surface area contributed by atoms with Crippen LogP contribution in [0, 0.1) is 0 Å². The van der Waals surface area contributed by atoms with Gasteiger partial charge in [-0.15, -0.1) is 0 Å². The SMILES string of the molecule is CCc1cc(C(C)(C)C)c2oc(C=O)cc2c1. The molecular weight excluding hydrogens is 212 g/mol. The minimum atomic E-state index is 0.0153. The van der Waals surface area contributed by atoms with Crippen molar-refractivity contribution < 1.29 is 9.21 Å². The number of benzene rings is 1. The van der Waals surface area contributed by atoms with Crippen molar-refractivity contribution in [2.45, 2.75) is 39.5 Å². The summed E-state index contributed by atoms with van der Waals surface area (Å²) < 4.78 is 5.61. The van der Waals surface area contributed by atoms with Crippen molar-refractivity contribution in [2.24, 2.45) is 0 Å². The first-order valence-electron chi connectivity index (χ1n) is 5.98. The van der Waals surface area contributed by atoms with Crippen LogP contribution < -0.4 is 0 Å². The Kier molecular flexibility index (Phi) is 2.82. The van der Waals surface area contributed by atoms with E-state index in [2.05, 4.69) is 39.8 Å². The molecule has 0 amide bonds. The fraction of sp³-hybridized carbons (Fsp3) is 0.400. The van der Waals surface area contributed by atoms with Crippen LogP contribution in [-0.2, 0) is 11.8 Å². The van der Waals surface area contributed by atoms with E-state index in [1.165, 1.54) is 11.1 Å². The van der Waals surface area contributed by atoms with Crippen LogP contribution in [0.1, 0.15) is 49.4 Å². The van der Waals surface area contributed by atoms with Gasteiger partial charge in [0.2, 0.25) is 0 Å². The average Bonchev–Trinajstić information content (AvgIpc) is 2.68. The Bertz CT molecular complexity index is 556. The van der Waals surface area contributed by atoms with Crippen LogP contribution in [0.5, 0.6) is 0 Å². The maximum absolute atomic E-state index is 10.8. The molecule has 2 rings (SSSR count). The molecule has 0 saturated heterocycles. The second-order valence-electron chi connectivity index (χ2n) is 5.43. The highest BCUT2D eigenvalue weighted by Crippen LogP contribution is 2.33. The predicted molar refractivity (Wildman–Crippen MR) is 69.7 cm³/mol. The molecule has 0 unspecified atom stereocenters. The van der Waals surface area contributed by atoms with E-state index in [-0.39, 0.29) is 5.41 Å². The first-order chi connectivity index (χ1) is 7.95. The van der Waals surface area contributed by atoms with Gasteiger partial charge in [-0.05, 0) is 29.5 Å². The lowest BCUT2D eigenvalue weighted by Gasteiger charge is -2.20.